The summed E-state index contributed by atoms with van der Waals surface area (Å²) in [7, 11) is 0. The standard InChI is InChI=1S/C19H29N3O4/c1-15-4-6-17(26-15)13-20-18(23)7-5-16-3-2-8-22(14-16)19(24)21-9-11-25-12-10-21/h4,6,16H,2-3,5,7-14H2,1H3,(H,20,23). The number of rotatable bonds is 5. The summed E-state index contributed by atoms with van der Waals surface area (Å²) in [5, 5.41) is 2.90. The molecule has 7 heteroatoms. The summed E-state index contributed by atoms with van der Waals surface area (Å²) in [5.74, 6) is 2.05. The van der Waals surface area contributed by atoms with Crippen LogP contribution in [-0.2, 0) is 16.1 Å². The van der Waals surface area contributed by atoms with Gasteiger partial charge in [0.25, 0.3) is 0 Å². The molecule has 0 radical (unpaired) electrons. The zero-order valence-corrected chi connectivity index (χ0v) is 15.5. The van der Waals surface area contributed by atoms with Crippen LogP contribution in [0.15, 0.2) is 16.5 Å². The molecule has 1 aromatic heterocycles. The van der Waals surface area contributed by atoms with Gasteiger partial charge in [0.1, 0.15) is 11.5 Å². The van der Waals surface area contributed by atoms with E-state index in [4.69, 9.17) is 9.15 Å². The molecule has 144 valence electrons. The Morgan fingerprint density at radius 3 is 2.73 bits per heavy atom. The van der Waals surface area contributed by atoms with Crippen molar-refractivity contribution in [3.63, 3.8) is 0 Å². The highest BCUT2D eigenvalue weighted by atomic mass is 16.5. The van der Waals surface area contributed by atoms with Gasteiger partial charge in [-0.3, -0.25) is 4.79 Å². The smallest absolute Gasteiger partial charge is 0.320 e. The van der Waals surface area contributed by atoms with E-state index in [1.165, 1.54) is 0 Å². The van der Waals surface area contributed by atoms with Gasteiger partial charge < -0.3 is 24.3 Å². The highest BCUT2D eigenvalue weighted by Gasteiger charge is 2.28. The van der Waals surface area contributed by atoms with Crippen molar-refractivity contribution in [2.75, 3.05) is 39.4 Å². The molecule has 2 aliphatic rings. The van der Waals surface area contributed by atoms with Gasteiger partial charge in [-0.1, -0.05) is 0 Å². The highest BCUT2D eigenvalue weighted by Crippen LogP contribution is 2.22. The molecular formula is C19H29N3O4. The zero-order valence-electron chi connectivity index (χ0n) is 15.5. The fourth-order valence-corrected chi connectivity index (χ4v) is 3.62. The SMILES string of the molecule is Cc1ccc(CNC(=O)CCC2CCCN(C(=O)N3CCOCC3)C2)o1. The molecule has 3 heterocycles. The number of carbonyl (C=O) groups is 2. The maximum absolute atomic E-state index is 12.6. The maximum Gasteiger partial charge on any atom is 0.320 e. The van der Waals surface area contributed by atoms with Crippen LogP contribution in [0.25, 0.3) is 0 Å². The van der Waals surface area contributed by atoms with Crippen molar-refractivity contribution in [1.82, 2.24) is 15.1 Å². The molecule has 26 heavy (non-hydrogen) atoms. The van der Waals surface area contributed by atoms with Crippen LogP contribution in [0, 0.1) is 12.8 Å². The lowest BCUT2D eigenvalue weighted by molar-refractivity contribution is -0.121. The molecule has 3 rings (SSSR count). The van der Waals surface area contributed by atoms with Crippen LogP contribution in [0.4, 0.5) is 4.79 Å². The average molecular weight is 363 g/mol. The lowest BCUT2D eigenvalue weighted by Crippen LogP contribution is -2.51. The Morgan fingerprint density at radius 1 is 1.19 bits per heavy atom. The van der Waals surface area contributed by atoms with Gasteiger partial charge in [-0.2, -0.15) is 0 Å². The zero-order chi connectivity index (χ0) is 18.4. The third kappa shape index (κ3) is 5.24. The fourth-order valence-electron chi connectivity index (χ4n) is 3.62. The number of hydrogen-bond donors (Lipinski definition) is 1. The Labute approximate surface area is 154 Å². The summed E-state index contributed by atoms with van der Waals surface area (Å²) < 4.78 is 10.8. The number of piperidine rings is 1. The molecule has 7 nitrogen and oxygen atoms in total. The Balaban J connectivity index is 1.38. The van der Waals surface area contributed by atoms with Crippen molar-refractivity contribution < 1.29 is 18.7 Å². The average Bonchev–Trinajstić information content (AvgIpc) is 3.10. The molecular weight excluding hydrogens is 334 g/mol. The van der Waals surface area contributed by atoms with E-state index < -0.39 is 0 Å². The van der Waals surface area contributed by atoms with E-state index >= 15 is 0 Å². The molecule has 0 aromatic carbocycles. The number of morpholine rings is 1. The van der Waals surface area contributed by atoms with Gasteiger partial charge in [0.2, 0.25) is 5.91 Å². The number of hydrogen-bond acceptors (Lipinski definition) is 4. The summed E-state index contributed by atoms with van der Waals surface area (Å²) in [6, 6.07) is 3.89. The van der Waals surface area contributed by atoms with Gasteiger partial charge in [0, 0.05) is 32.6 Å². The molecule has 2 aliphatic heterocycles. The number of urea groups is 1. The molecule has 0 saturated carbocycles. The van der Waals surface area contributed by atoms with Gasteiger partial charge in [-0.25, -0.2) is 4.79 Å². The number of carbonyl (C=O) groups excluding carboxylic acids is 2. The van der Waals surface area contributed by atoms with E-state index in [1.807, 2.05) is 28.9 Å². The number of likely N-dealkylation sites (tertiary alicyclic amines) is 1. The molecule has 1 atom stereocenters. The topological polar surface area (TPSA) is 75.0 Å². The van der Waals surface area contributed by atoms with Gasteiger partial charge in [-0.15, -0.1) is 0 Å². The number of amides is 3. The monoisotopic (exact) mass is 363 g/mol. The van der Waals surface area contributed by atoms with Crippen molar-refractivity contribution in [1.29, 1.82) is 0 Å². The molecule has 0 spiro atoms. The lowest BCUT2D eigenvalue weighted by atomic mass is 9.93. The van der Waals surface area contributed by atoms with E-state index in [0.717, 1.165) is 43.9 Å². The first-order valence-electron chi connectivity index (χ1n) is 9.55. The number of aryl methyl sites for hydroxylation is 1. The van der Waals surface area contributed by atoms with E-state index in [0.29, 0.717) is 45.2 Å². The molecule has 0 bridgehead atoms. The Kier molecular flexibility index (Phi) is 6.55. The number of ether oxygens (including phenoxy) is 1. The summed E-state index contributed by atoms with van der Waals surface area (Å²) in [6.07, 6.45) is 3.39. The minimum absolute atomic E-state index is 0.0377. The van der Waals surface area contributed by atoms with Crippen molar-refractivity contribution in [2.24, 2.45) is 5.92 Å². The predicted molar refractivity (Wildman–Crippen MR) is 96.6 cm³/mol. The maximum atomic E-state index is 12.6. The Hall–Kier alpha value is -2.02. The molecule has 1 unspecified atom stereocenters. The first-order chi connectivity index (χ1) is 12.6. The number of nitrogens with zero attached hydrogens (tertiary/aromatic N) is 2. The third-order valence-corrected chi connectivity index (χ3v) is 5.11. The van der Waals surface area contributed by atoms with Gasteiger partial charge in [0.05, 0.1) is 19.8 Å². The fraction of sp³-hybridized carbons (Fsp3) is 0.684. The third-order valence-electron chi connectivity index (χ3n) is 5.11. The molecule has 0 aliphatic carbocycles. The van der Waals surface area contributed by atoms with Crippen LogP contribution >= 0.6 is 0 Å². The van der Waals surface area contributed by atoms with E-state index in [9.17, 15) is 9.59 Å². The van der Waals surface area contributed by atoms with Crippen molar-refractivity contribution in [3.05, 3.63) is 23.7 Å². The first-order valence-corrected chi connectivity index (χ1v) is 9.55. The van der Waals surface area contributed by atoms with Crippen LogP contribution in [0.3, 0.4) is 0 Å². The molecule has 1 aromatic rings. The Bertz CT molecular complexity index is 610. The van der Waals surface area contributed by atoms with Crippen LogP contribution < -0.4 is 5.32 Å². The van der Waals surface area contributed by atoms with E-state index in [-0.39, 0.29) is 11.9 Å². The molecule has 3 amide bonds. The van der Waals surface area contributed by atoms with Crippen LogP contribution in [-0.4, -0.2) is 61.1 Å². The minimum Gasteiger partial charge on any atom is -0.465 e. The molecule has 1 N–H and O–H groups in total. The summed E-state index contributed by atoms with van der Waals surface area (Å²) >= 11 is 0. The van der Waals surface area contributed by atoms with E-state index in [1.54, 1.807) is 0 Å². The van der Waals surface area contributed by atoms with E-state index in [2.05, 4.69) is 5.32 Å². The highest BCUT2D eigenvalue weighted by molar-refractivity contribution is 5.76. The summed E-state index contributed by atoms with van der Waals surface area (Å²) in [6.45, 7) is 6.48. The quantitative estimate of drug-likeness (QED) is 0.870. The van der Waals surface area contributed by atoms with Gasteiger partial charge in [0.15, 0.2) is 0 Å². The predicted octanol–water partition coefficient (Wildman–Crippen LogP) is 2.15. The Morgan fingerprint density at radius 2 is 2.00 bits per heavy atom. The van der Waals surface area contributed by atoms with Crippen LogP contribution in [0.1, 0.15) is 37.2 Å². The van der Waals surface area contributed by atoms with Crippen molar-refractivity contribution in [2.45, 2.75) is 39.2 Å². The second kappa shape index (κ2) is 9.07. The normalized spacial score (nSPS) is 20.9. The minimum atomic E-state index is 0.0377. The largest absolute Gasteiger partial charge is 0.465 e. The summed E-state index contributed by atoms with van der Waals surface area (Å²) in [4.78, 5) is 28.5. The van der Waals surface area contributed by atoms with Gasteiger partial charge in [-0.05, 0) is 44.2 Å². The second-order valence-corrected chi connectivity index (χ2v) is 7.16. The van der Waals surface area contributed by atoms with Gasteiger partial charge >= 0.3 is 6.03 Å². The molecule has 2 saturated heterocycles. The van der Waals surface area contributed by atoms with Crippen molar-refractivity contribution in [3.8, 4) is 0 Å². The number of nitrogens with one attached hydrogen (secondary N) is 1. The first kappa shape index (κ1) is 18.8. The van der Waals surface area contributed by atoms with Crippen molar-refractivity contribution >= 4 is 11.9 Å². The van der Waals surface area contributed by atoms with Crippen LogP contribution in [0.5, 0.6) is 0 Å². The molecule has 2 fully saturated rings. The number of furan rings is 1. The second-order valence-electron chi connectivity index (χ2n) is 7.16. The summed E-state index contributed by atoms with van der Waals surface area (Å²) in [5.41, 5.74) is 0. The lowest BCUT2D eigenvalue weighted by Gasteiger charge is -2.37. The van der Waals surface area contributed by atoms with Crippen LogP contribution in [0.2, 0.25) is 0 Å².